The number of thioether (sulfide) groups is 1. The number of nitrogens with zero attached hydrogens (tertiary/aromatic N) is 1. The second-order valence-corrected chi connectivity index (χ2v) is 7.71. The molecule has 0 aromatic heterocycles. The summed E-state index contributed by atoms with van der Waals surface area (Å²) in [5.74, 6) is 1.44. The zero-order chi connectivity index (χ0) is 18.8. The predicted octanol–water partition coefficient (Wildman–Crippen LogP) is 4.57. The maximum absolute atomic E-state index is 13.5. The van der Waals surface area contributed by atoms with E-state index in [9.17, 15) is 4.39 Å². The van der Waals surface area contributed by atoms with E-state index < -0.39 is 0 Å². The number of ether oxygens (including phenoxy) is 1. The molecule has 27 heavy (non-hydrogen) atoms. The first kappa shape index (κ1) is 24.5. The normalized spacial score (nSPS) is 15.2. The van der Waals surface area contributed by atoms with Crippen LogP contribution in [0.1, 0.15) is 44.2 Å². The third-order valence-corrected chi connectivity index (χ3v) is 5.39. The van der Waals surface area contributed by atoms with Crippen molar-refractivity contribution in [3.8, 4) is 0 Å². The highest BCUT2D eigenvalue weighted by molar-refractivity contribution is 14.0. The third kappa shape index (κ3) is 8.56. The molecule has 154 valence electrons. The minimum atomic E-state index is -0.184. The van der Waals surface area contributed by atoms with Crippen molar-refractivity contribution in [1.29, 1.82) is 0 Å². The number of nitrogens with one attached hydrogen (secondary N) is 2. The molecule has 0 atom stereocenters. The summed E-state index contributed by atoms with van der Waals surface area (Å²) in [5, 5.41) is 6.80. The maximum Gasteiger partial charge on any atom is 0.191 e. The third-order valence-electron chi connectivity index (χ3n) is 4.79. The molecule has 0 aliphatic heterocycles. The standard InChI is InChI=1S/C20H32FN3OS.HI/c1-4-22-19(24-15-20(8-9-20)10-11-25-5-2)23-13-16-6-7-18(21)12-17(16)14-26-3;/h6-7,12H,4-5,8-11,13-15H2,1-3H3,(H2,22,23,24);1H. The summed E-state index contributed by atoms with van der Waals surface area (Å²) in [5.41, 5.74) is 2.47. The van der Waals surface area contributed by atoms with Crippen LogP contribution in [0.5, 0.6) is 0 Å². The SMILES string of the molecule is CCNC(=NCc1ccc(F)cc1CSC)NCC1(CCOCC)CC1.I. The van der Waals surface area contributed by atoms with Crippen molar-refractivity contribution in [2.45, 2.75) is 45.4 Å². The van der Waals surface area contributed by atoms with Crippen LogP contribution in [0.2, 0.25) is 0 Å². The van der Waals surface area contributed by atoms with Crippen molar-refractivity contribution in [3.63, 3.8) is 0 Å². The molecule has 0 unspecified atom stereocenters. The molecule has 1 aromatic carbocycles. The van der Waals surface area contributed by atoms with Gasteiger partial charge in [-0.25, -0.2) is 9.38 Å². The highest BCUT2D eigenvalue weighted by Crippen LogP contribution is 2.48. The van der Waals surface area contributed by atoms with Gasteiger partial charge < -0.3 is 15.4 Å². The minimum Gasteiger partial charge on any atom is -0.382 e. The Kier molecular flexibility index (Phi) is 11.6. The van der Waals surface area contributed by atoms with Gasteiger partial charge in [0.05, 0.1) is 6.54 Å². The van der Waals surface area contributed by atoms with Crippen molar-refractivity contribution < 1.29 is 9.13 Å². The Hall–Kier alpha value is -0.540. The van der Waals surface area contributed by atoms with Gasteiger partial charge in [0.1, 0.15) is 5.82 Å². The smallest absolute Gasteiger partial charge is 0.191 e. The average molecular weight is 509 g/mol. The van der Waals surface area contributed by atoms with Gasteiger partial charge in [0.15, 0.2) is 5.96 Å². The number of halogens is 2. The highest BCUT2D eigenvalue weighted by atomic mass is 127. The highest BCUT2D eigenvalue weighted by Gasteiger charge is 2.41. The zero-order valence-corrected chi connectivity index (χ0v) is 19.8. The molecule has 4 nitrogen and oxygen atoms in total. The van der Waals surface area contributed by atoms with Crippen LogP contribution in [-0.4, -0.2) is 38.5 Å². The van der Waals surface area contributed by atoms with Gasteiger partial charge in [-0.3, -0.25) is 0 Å². The van der Waals surface area contributed by atoms with Crippen molar-refractivity contribution >= 4 is 41.7 Å². The molecule has 2 N–H and O–H groups in total. The Labute approximate surface area is 184 Å². The summed E-state index contributed by atoms with van der Waals surface area (Å²) >= 11 is 1.70. The second-order valence-electron chi connectivity index (χ2n) is 6.84. The van der Waals surface area contributed by atoms with Crippen LogP contribution in [0.4, 0.5) is 4.39 Å². The number of hydrogen-bond acceptors (Lipinski definition) is 3. The van der Waals surface area contributed by atoms with Gasteiger partial charge in [-0.2, -0.15) is 11.8 Å². The van der Waals surface area contributed by atoms with E-state index in [-0.39, 0.29) is 29.8 Å². The fraction of sp³-hybridized carbons (Fsp3) is 0.650. The fourth-order valence-corrected chi connectivity index (χ4v) is 3.52. The van der Waals surface area contributed by atoms with Crippen LogP contribution < -0.4 is 10.6 Å². The van der Waals surface area contributed by atoms with E-state index in [2.05, 4.69) is 17.6 Å². The van der Waals surface area contributed by atoms with Crippen LogP contribution in [0.15, 0.2) is 23.2 Å². The summed E-state index contributed by atoms with van der Waals surface area (Å²) in [6.07, 6.45) is 5.63. The Morgan fingerprint density at radius 1 is 1.26 bits per heavy atom. The van der Waals surface area contributed by atoms with E-state index in [0.29, 0.717) is 12.0 Å². The van der Waals surface area contributed by atoms with Crippen molar-refractivity contribution in [2.24, 2.45) is 10.4 Å². The molecule has 2 rings (SSSR count). The molecular weight excluding hydrogens is 476 g/mol. The molecule has 0 amide bonds. The Balaban J connectivity index is 0.00000364. The molecule has 0 saturated heterocycles. The summed E-state index contributed by atoms with van der Waals surface area (Å²) in [6.45, 7) is 8.01. The molecule has 0 bridgehead atoms. The van der Waals surface area contributed by atoms with Crippen molar-refractivity contribution in [2.75, 3.05) is 32.6 Å². The summed E-state index contributed by atoms with van der Waals surface area (Å²) < 4.78 is 19.0. The lowest BCUT2D eigenvalue weighted by molar-refractivity contribution is 0.128. The summed E-state index contributed by atoms with van der Waals surface area (Å²) in [6, 6.07) is 4.98. The predicted molar refractivity (Wildman–Crippen MR) is 125 cm³/mol. The van der Waals surface area contributed by atoms with Crippen LogP contribution >= 0.6 is 35.7 Å². The molecule has 0 radical (unpaired) electrons. The lowest BCUT2D eigenvalue weighted by Gasteiger charge is -2.18. The number of guanidine groups is 1. The Morgan fingerprint density at radius 3 is 2.67 bits per heavy atom. The lowest BCUT2D eigenvalue weighted by Crippen LogP contribution is -2.40. The average Bonchev–Trinajstić information content (AvgIpc) is 3.39. The first-order chi connectivity index (χ1) is 12.6. The van der Waals surface area contributed by atoms with Gasteiger partial charge >= 0.3 is 0 Å². The maximum atomic E-state index is 13.5. The molecule has 1 aliphatic rings. The fourth-order valence-electron chi connectivity index (χ4n) is 2.94. The van der Waals surface area contributed by atoms with Gasteiger partial charge in [0.2, 0.25) is 0 Å². The van der Waals surface area contributed by atoms with Gasteiger partial charge in [0, 0.05) is 32.1 Å². The molecule has 1 saturated carbocycles. The number of rotatable bonds is 11. The number of benzene rings is 1. The van der Waals surface area contributed by atoms with E-state index in [1.165, 1.54) is 18.9 Å². The second kappa shape index (κ2) is 12.8. The van der Waals surface area contributed by atoms with E-state index in [0.717, 1.165) is 55.6 Å². The Bertz CT molecular complexity index is 597. The number of hydrogen-bond donors (Lipinski definition) is 2. The molecule has 1 aromatic rings. The number of aliphatic imine (C=N–C) groups is 1. The van der Waals surface area contributed by atoms with E-state index in [1.807, 2.05) is 19.2 Å². The van der Waals surface area contributed by atoms with Crippen LogP contribution in [0.3, 0.4) is 0 Å². The summed E-state index contributed by atoms with van der Waals surface area (Å²) in [7, 11) is 0. The van der Waals surface area contributed by atoms with Crippen molar-refractivity contribution in [3.05, 3.63) is 35.1 Å². The largest absolute Gasteiger partial charge is 0.382 e. The molecule has 0 spiro atoms. The van der Waals surface area contributed by atoms with Gasteiger partial charge in [-0.1, -0.05) is 6.07 Å². The topological polar surface area (TPSA) is 45.7 Å². The summed E-state index contributed by atoms with van der Waals surface area (Å²) in [4.78, 5) is 4.72. The van der Waals surface area contributed by atoms with E-state index >= 15 is 0 Å². The zero-order valence-electron chi connectivity index (χ0n) is 16.6. The molecule has 1 aliphatic carbocycles. The van der Waals surface area contributed by atoms with Crippen LogP contribution in [0, 0.1) is 11.2 Å². The van der Waals surface area contributed by atoms with Crippen molar-refractivity contribution in [1.82, 2.24) is 10.6 Å². The Morgan fingerprint density at radius 2 is 2.04 bits per heavy atom. The van der Waals surface area contributed by atoms with Crippen LogP contribution in [0.25, 0.3) is 0 Å². The molecular formula is C20H33FIN3OS. The molecule has 1 fully saturated rings. The lowest BCUT2D eigenvalue weighted by atomic mass is 10.0. The first-order valence-electron chi connectivity index (χ1n) is 9.48. The quantitative estimate of drug-likeness (QED) is 0.199. The molecule has 0 heterocycles. The minimum absolute atomic E-state index is 0. The van der Waals surface area contributed by atoms with Gasteiger partial charge in [-0.15, -0.1) is 24.0 Å². The van der Waals surface area contributed by atoms with Crippen LogP contribution in [-0.2, 0) is 17.0 Å². The van der Waals surface area contributed by atoms with E-state index in [4.69, 9.17) is 9.73 Å². The van der Waals surface area contributed by atoms with Gasteiger partial charge in [0.25, 0.3) is 0 Å². The van der Waals surface area contributed by atoms with Gasteiger partial charge in [-0.05, 0) is 68.0 Å². The first-order valence-corrected chi connectivity index (χ1v) is 10.9. The monoisotopic (exact) mass is 509 g/mol. The van der Waals surface area contributed by atoms with E-state index in [1.54, 1.807) is 17.8 Å². The molecule has 7 heteroatoms.